The van der Waals surface area contributed by atoms with Gasteiger partial charge in [0.1, 0.15) is 5.82 Å². The normalized spacial score (nSPS) is 11.4. The fourth-order valence-electron chi connectivity index (χ4n) is 2.46. The number of nitrogens with zero attached hydrogens (tertiary/aromatic N) is 2. The molecule has 25 heavy (non-hydrogen) atoms. The lowest BCUT2D eigenvalue weighted by molar-refractivity contribution is 0.607. The Morgan fingerprint density at radius 1 is 1.04 bits per heavy atom. The van der Waals surface area contributed by atoms with Gasteiger partial charge in [0.15, 0.2) is 0 Å². The summed E-state index contributed by atoms with van der Waals surface area (Å²) in [4.78, 5) is 8.45. The van der Waals surface area contributed by atoms with Crippen LogP contribution in [0.1, 0.15) is 5.56 Å². The number of rotatable bonds is 6. The van der Waals surface area contributed by atoms with E-state index in [4.69, 9.17) is 11.6 Å². The molecule has 0 bridgehead atoms. The standard InChI is InChI=1S/C17H17ClN4O2S/c1-25(23,24)22-13-8-6-12(7-9-13)10-11-19-16-14-4-2-3-5-15(14)20-17(18)21-16/h2-9,22H,10-11H2,1H3,(H,19,20,21). The molecule has 0 spiro atoms. The van der Waals surface area contributed by atoms with Crippen molar-refractivity contribution >= 4 is 44.0 Å². The summed E-state index contributed by atoms with van der Waals surface area (Å²) in [5.74, 6) is 0.700. The Morgan fingerprint density at radius 3 is 2.48 bits per heavy atom. The molecular formula is C17H17ClN4O2S. The molecule has 3 aromatic rings. The molecule has 0 unspecified atom stereocenters. The molecule has 3 rings (SSSR count). The van der Waals surface area contributed by atoms with Gasteiger partial charge >= 0.3 is 0 Å². The van der Waals surface area contributed by atoms with E-state index in [-0.39, 0.29) is 5.28 Å². The van der Waals surface area contributed by atoms with E-state index in [1.807, 2.05) is 36.4 Å². The highest BCUT2D eigenvalue weighted by atomic mass is 35.5. The Hall–Kier alpha value is -2.38. The van der Waals surface area contributed by atoms with Crippen LogP contribution in [0, 0.1) is 0 Å². The molecule has 6 nitrogen and oxygen atoms in total. The van der Waals surface area contributed by atoms with Crippen molar-refractivity contribution in [1.82, 2.24) is 9.97 Å². The molecule has 2 N–H and O–H groups in total. The number of fused-ring (bicyclic) bond motifs is 1. The maximum atomic E-state index is 11.2. The largest absolute Gasteiger partial charge is 0.369 e. The lowest BCUT2D eigenvalue weighted by Gasteiger charge is -2.09. The minimum Gasteiger partial charge on any atom is -0.369 e. The summed E-state index contributed by atoms with van der Waals surface area (Å²) in [6, 6.07) is 14.9. The molecular weight excluding hydrogens is 360 g/mol. The van der Waals surface area contributed by atoms with Crippen LogP contribution in [0.5, 0.6) is 0 Å². The predicted octanol–water partition coefficient (Wildman–Crippen LogP) is 3.31. The molecule has 1 heterocycles. The van der Waals surface area contributed by atoms with E-state index in [1.54, 1.807) is 12.1 Å². The zero-order chi connectivity index (χ0) is 17.9. The van der Waals surface area contributed by atoms with Crippen molar-refractivity contribution in [2.75, 3.05) is 22.8 Å². The molecule has 0 atom stereocenters. The number of benzene rings is 2. The topological polar surface area (TPSA) is 84.0 Å². The Kier molecular flexibility index (Phi) is 5.06. The van der Waals surface area contributed by atoms with Crippen LogP contribution in [-0.2, 0) is 16.4 Å². The van der Waals surface area contributed by atoms with E-state index in [9.17, 15) is 8.42 Å². The summed E-state index contributed by atoms with van der Waals surface area (Å²) in [6.07, 6.45) is 1.89. The van der Waals surface area contributed by atoms with Crippen molar-refractivity contribution in [2.24, 2.45) is 0 Å². The van der Waals surface area contributed by atoms with Crippen molar-refractivity contribution < 1.29 is 8.42 Å². The quantitative estimate of drug-likeness (QED) is 0.645. The Balaban J connectivity index is 1.65. The molecule has 130 valence electrons. The van der Waals surface area contributed by atoms with Crippen LogP contribution < -0.4 is 10.0 Å². The number of hydrogen-bond acceptors (Lipinski definition) is 5. The first kappa shape index (κ1) is 17.4. The van der Waals surface area contributed by atoms with Gasteiger partial charge in [-0.15, -0.1) is 0 Å². The van der Waals surface area contributed by atoms with Crippen LogP contribution in [0.25, 0.3) is 10.9 Å². The third kappa shape index (κ3) is 4.80. The van der Waals surface area contributed by atoms with E-state index in [0.717, 1.165) is 29.1 Å². The summed E-state index contributed by atoms with van der Waals surface area (Å²) >= 11 is 5.97. The van der Waals surface area contributed by atoms with E-state index < -0.39 is 10.0 Å². The van der Waals surface area contributed by atoms with E-state index in [2.05, 4.69) is 20.0 Å². The van der Waals surface area contributed by atoms with Crippen LogP contribution in [0.2, 0.25) is 5.28 Å². The maximum Gasteiger partial charge on any atom is 0.229 e. The Labute approximate surface area is 151 Å². The second kappa shape index (κ2) is 7.25. The van der Waals surface area contributed by atoms with Crippen LogP contribution in [0.3, 0.4) is 0 Å². The minimum atomic E-state index is -3.26. The second-order valence-corrected chi connectivity index (χ2v) is 7.69. The first-order chi connectivity index (χ1) is 11.9. The summed E-state index contributed by atoms with van der Waals surface area (Å²) in [5.41, 5.74) is 2.42. The fraction of sp³-hybridized carbons (Fsp3) is 0.176. The van der Waals surface area contributed by atoms with Gasteiger partial charge in [-0.3, -0.25) is 4.72 Å². The average Bonchev–Trinajstić information content (AvgIpc) is 2.55. The van der Waals surface area contributed by atoms with Crippen molar-refractivity contribution in [3.8, 4) is 0 Å². The summed E-state index contributed by atoms with van der Waals surface area (Å²) < 4.78 is 24.9. The molecule has 1 aromatic heterocycles. The summed E-state index contributed by atoms with van der Waals surface area (Å²) in [5, 5.41) is 4.40. The fourth-order valence-corrected chi connectivity index (χ4v) is 3.20. The van der Waals surface area contributed by atoms with Crippen LogP contribution in [0.4, 0.5) is 11.5 Å². The number of anilines is 2. The first-order valence-corrected chi connectivity index (χ1v) is 9.90. The maximum absolute atomic E-state index is 11.2. The third-order valence-electron chi connectivity index (χ3n) is 3.54. The third-order valence-corrected chi connectivity index (χ3v) is 4.31. The highest BCUT2D eigenvalue weighted by Gasteiger charge is 2.06. The SMILES string of the molecule is CS(=O)(=O)Nc1ccc(CCNc2nc(Cl)nc3ccccc23)cc1. The van der Waals surface area contributed by atoms with Gasteiger partial charge < -0.3 is 5.32 Å². The molecule has 0 radical (unpaired) electrons. The van der Waals surface area contributed by atoms with E-state index in [1.165, 1.54) is 0 Å². The van der Waals surface area contributed by atoms with Gasteiger partial charge in [-0.1, -0.05) is 24.3 Å². The summed E-state index contributed by atoms with van der Waals surface area (Å²) in [6.45, 7) is 0.663. The first-order valence-electron chi connectivity index (χ1n) is 7.63. The second-order valence-electron chi connectivity index (χ2n) is 5.61. The molecule has 0 aliphatic carbocycles. The van der Waals surface area contributed by atoms with Crippen LogP contribution in [0.15, 0.2) is 48.5 Å². The molecule has 0 saturated heterocycles. The smallest absolute Gasteiger partial charge is 0.229 e. The van der Waals surface area contributed by atoms with Crippen molar-refractivity contribution in [2.45, 2.75) is 6.42 Å². The molecule has 0 aliphatic rings. The Bertz CT molecular complexity index is 991. The summed E-state index contributed by atoms with van der Waals surface area (Å²) in [7, 11) is -3.26. The van der Waals surface area contributed by atoms with Gasteiger partial charge in [0, 0.05) is 17.6 Å². The number of halogens is 1. The average molecular weight is 377 g/mol. The number of para-hydroxylation sites is 1. The number of sulfonamides is 1. The molecule has 0 amide bonds. The molecule has 0 saturated carbocycles. The highest BCUT2D eigenvalue weighted by Crippen LogP contribution is 2.21. The van der Waals surface area contributed by atoms with Crippen LogP contribution in [-0.4, -0.2) is 31.2 Å². The minimum absolute atomic E-state index is 0.206. The van der Waals surface area contributed by atoms with Crippen molar-refractivity contribution in [3.05, 3.63) is 59.4 Å². The zero-order valence-corrected chi connectivity index (χ0v) is 15.1. The van der Waals surface area contributed by atoms with Gasteiger partial charge in [0.2, 0.25) is 15.3 Å². The molecule has 0 fully saturated rings. The lowest BCUT2D eigenvalue weighted by Crippen LogP contribution is -2.10. The number of hydrogen-bond donors (Lipinski definition) is 2. The van der Waals surface area contributed by atoms with E-state index >= 15 is 0 Å². The van der Waals surface area contributed by atoms with Gasteiger partial charge in [0.25, 0.3) is 0 Å². The number of aromatic nitrogens is 2. The number of nitrogens with one attached hydrogen (secondary N) is 2. The molecule has 8 heteroatoms. The molecule has 0 aliphatic heterocycles. The van der Waals surface area contributed by atoms with Crippen molar-refractivity contribution in [1.29, 1.82) is 0 Å². The predicted molar refractivity (Wildman–Crippen MR) is 102 cm³/mol. The Morgan fingerprint density at radius 2 is 1.76 bits per heavy atom. The van der Waals surface area contributed by atoms with Crippen LogP contribution >= 0.6 is 11.6 Å². The van der Waals surface area contributed by atoms with Gasteiger partial charge in [-0.05, 0) is 47.9 Å². The molecule has 2 aromatic carbocycles. The van der Waals surface area contributed by atoms with Gasteiger partial charge in [-0.25, -0.2) is 18.4 Å². The lowest BCUT2D eigenvalue weighted by atomic mass is 10.1. The highest BCUT2D eigenvalue weighted by molar-refractivity contribution is 7.92. The van der Waals surface area contributed by atoms with Crippen molar-refractivity contribution in [3.63, 3.8) is 0 Å². The zero-order valence-electron chi connectivity index (χ0n) is 13.5. The van der Waals surface area contributed by atoms with Gasteiger partial charge in [0.05, 0.1) is 11.8 Å². The monoisotopic (exact) mass is 376 g/mol. The van der Waals surface area contributed by atoms with E-state index in [0.29, 0.717) is 18.1 Å². The van der Waals surface area contributed by atoms with Gasteiger partial charge in [-0.2, -0.15) is 0 Å².